The summed E-state index contributed by atoms with van der Waals surface area (Å²) >= 11 is 6.06. The lowest BCUT2D eigenvalue weighted by Crippen LogP contribution is -2.05. The van der Waals surface area contributed by atoms with E-state index < -0.39 is 0 Å². The van der Waals surface area contributed by atoms with Crippen molar-refractivity contribution in [3.63, 3.8) is 0 Å². The van der Waals surface area contributed by atoms with E-state index in [2.05, 4.69) is 25.0 Å². The van der Waals surface area contributed by atoms with E-state index in [4.69, 9.17) is 16.9 Å². The minimum absolute atomic E-state index is 0.410. The maximum Gasteiger partial charge on any atom is 0.160 e. The number of nitrogens with zero attached hydrogens (tertiary/aromatic N) is 3. The molecular weight excluding hydrogens is 222 g/mol. The maximum absolute atomic E-state index is 9.01. The molecule has 0 fully saturated rings. The molecule has 0 saturated heterocycles. The van der Waals surface area contributed by atoms with Gasteiger partial charge in [0.1, 0.15) is 0 Å². The molecule has 1 aromatic carbocycles. The molecular formula is C12H12ClN3. The standard InChI is InChI=1S/C12H12ClN3/c1-8(2)7-16-10-5-3-4-9(6-14)11(10)12(13)15-16/h3-5,8H,7H2,1-2H3. The molecule has 0 saturated carbocycles. The van der Waals surface area contributed by atoms with E-state index in [1.807, 2.05) is 16.8 Å². The number of halogens is 1. The summed E-state index contributed by atoms with van der Waals surface area (Å²) in [6.07, 6.45) is 0. The summed E-state index contributed by atoms with van der Waals surface area (Å²) in [5.41, 5.74) is 1.51. The highest BCUT2D eigenvalue weighted by atomic mass is 35.5. The van der Waals surface area contributed by atoms with Gasteiger partial charge >= 0.3 is 0 Å². The maximum atomic E-state index is 9.01. The number of rotatable bonds is 2. The third-order valence-corrected chi connectivity index (χ3v) is 2.66. The molecule has 1 aromatic heterocycles. The van der Waals surface area contributed by atoms with Crippen molar-refractivity contribution in [2.24, 2.45) is 5.92 Å². The summed E-state index contributed by atoms with van der Waals surface area (Å²) in [5.74, 6) is 0.491. The quantitative estimate of drug-likeness (QED) is 0.799. The second-order valence-electron chi connectivity index (χ2n) is 4.18. The highest BCUT2D eigenvalue weighted by Crippen LogP contribution is 2.26. The van der Waals surface area contributed by atoms with Crippen LogP contribution in [0.3, 0.4) is 0 Å². The molecule has 0 aliphatic rings. The van der Waals surface area contributed by atoms with E-state index in [0.29, 0.717) is 16.6 Å². The van der Waals surface area contributed by atoms with Gasteiger partial charge in [-0.2, -0.15) is 10.4 Å². The van der Waals surface area contributed by atoms with Crippen LogP contribution in [0, 0.1) is 17.2 Å². The highest BCUT2D eigenvalue weighted by molar-refractivity contribution is 6.34. The molecule has 0 aliphatic carbocycles. The lowest BCUT2D eigenvalue weighted by molar-refractivity contribution is 0.495. The summed E-state index contributed by atoms with van der Waals surface area (Å²) in [7, 11) is 0. The van der Waals surface area contributed by atoms with Crippen LogP contribution < -0.4 is 0 Å². The largest absolute Gasteiger partial charge is 0.263 e. The number of benzene rings is 1. The Morgan fingerprint density at radius 3 is 2.88 bits per heavy atom. The molecule has 16 heavy (non-hydrogen) atoms. The zero-order chi connectivity index (χ0) is 11.7. The molecule has 82 valence electrons. The van der Waals surface area contributed by atoms with Crippen LogP contribution in [0.5, 0.6) is 0 Å². The van der Waals surface area contributed by atoms with E-state index in [9.17, 15) is 0 Å². The second-order valence-corrected chi connectivity index (χ2v) is 4.54. The SMILES string of the molecule is CC(C)Cn1nc(Cl)c2c(C#N)cccc21. The molecule has 0 unspecified atom stereocenters. The van der Waals surface area contributed by atoms with Crippen molar-refractivity contribution in [1.82, 2.24) is 9.78 Å². The lowest BCUT2D eigenvalue weighted by Gasteiger charge is -2.05. The molecule has 0 N–H and O–H groups in total. The molecule has 0 spiro atoms. The number of hydrogen-bond acceptors (Lipinski definition) is 2. The van der Waals surface area contributed by atoms with Crippen LogP contribution in [0.25, 0.3) is 10.9 Å². The molecule has 0 atom stereocenters. The van der Waals surface area contributed by atoms with E-state index in [1.54, 1.807) is 6.07 Å². The van der Waals surface area contributed by atoms with Crippen molar-refractivity contribution in [2.45, 2.75) is 20.4 Å². The molecule has 3 nitrogen and oxygen atoms in total. The van der Waals surface area contributed by atoms with E-state index in [-0.39, 0.29) is 0 Å². The monoisotopic (exact) mass is 233 g/mol. The van der Waals surface area contributed by atoms with Gasteiger partial charge in [0.05, 0.1) is 22.5 Å². The predicted molar refractivity (Wildman–Crippen MR) is 64.3 cm³/mol. The Bertz CT molecular complexity index is 563. The van der Waals surface area contributed by atoms with Gasteiger partial charge in [-0.3, -0.25) is 4.68 Å². The van der Waals surface area contributed by atoms with Crippen molar-refractivity contribution in [3.8, 4) is 6.07 Å². The summed E-state index contributed by atoms with van der Waals surface area (Å²) in [4.78, 5) is 0. The van der Waals surface area contributed by atoms with Crippen LogP contribution in [-0.2, 0) is 6.54 Å². The van der Waals surface area contributed by atoms with Crippen LogP contribution in [0.2, 0.25) is 5.15 Å². The predicted octanol–water partition coefficient (Wildman–Crippen LogP) is 3.22. The Kier molecular flexibility index (Phi) is 2.84. The normalized spacial score (nSPS) is 10.9. The molecule has 1 heterocycles. The van der Waals surface area contributed by atoms with Gasteiger partial charge in [0.25, 0.3) is 0 Å². The molecule has 0 aliphatic heterocycles. The Balaban J connectivity index is 2.68. The van der Waals surface area contributed by atoms with Gasteiger partial charge in [-0.05, 0) is 18.1 Å². The summed E-state index contributed by atoms with van der Waals surface area (Å²) in [6, 6.07) is 7.70. The van der Waals surface area contributed by atoms with Crippen molar-refractivity contribution in [1.29, 1.82) is 5.26 Å². The van der Waals surface area contributed by atoms with Gasteiger partial charge in [-0.1, -0.05) is 31.5 Å². The fraction of sp³-hybridized carbons (Fsp3) is 0.333. The minimum atomic E-state index is 0.410. The van der Waals surface area contributed by atoms with Gasteiger partial charge in [-0.15, -0.1) is 0 Å². The first kappa shape index (κ1) is 11.0. The molecule has 0 bridgehead atoms. The van der Waals surface area contributed by atoms with E-state index in [0.717, 1.165) is 17.4 Å². The molecule has 0 radical (unpaired) electrons. The summed E-state index contributed by atoms with van der Waals surface area (Å²) in [5, 5.41) is 14.4. The summed E-state index contributed by atoms with van der Waals surface area (Å²) < 4.78 is 1.86. The topological polar surface area (TPSA) is 41.6 Å². The number of fused-ring (bicyclic) bond motifs is 1. The molecule has 2 aromatic rings. The zero-order valence-electron chi connectivity index (χ0n) is 9.24. The number of hydrogen-bond donors (Lipinski definition) is 0. The first-order valence-corrected chi connectivity index (χ1v) is 5.56. The van der Waals surface area contributed by atoms with Crippen molar-refractivity contribution < 1.29 is 0 Å². The molecule has 4 heteroatoms. The van der Waals surface area contributed by atoms with Crippen molar-refractivity contribution in [2.75, 3.05) is 0 Å². The lowest BCUT2D eigenvalue weighted by atomic mass is 10.1. The smallest absolute Gasteiger partial charge is 0.160 e. The highest BCUT2D eigenvalue weighted by Gasteiger charge is 2.12. The van der Waals surface area contributed by atoms with Gasteiger partial charge in [0.15, 0.2) is 5.15 Å². The average molecular weight is 234 g/mol. The number of nitriles is 1. The Labute approximate surface area is 99.2 Å². The van der Waals surface area contributed by atoms with Crippen LogP contribution in [0.15, 0.2) is 18.2 Å². The second kappa shape index (κ2) is 4.15. The minimum Gasteiger partial charge on any atom is -0.263 e. The van der Waals surface area contributed by atoms with Gasteiger partial charge in [0, 0.05) is 6.54 Å². The Morgan fingerprint density at radius 1 is 1.50 bits per heavy atom. The molecule has 0 amide bonds. The van der Waals surface area contributed by atoms with Crippen molar-refractivity contribution >= 4 is 22.5 Å². The fourth-order valence-corrected chi connectivity index (χ4v) is 2.05. The Morgan fingerprint density at radius 2 is 2.25 bits per heavy atom. The molecule has 2 rings (SSSR count). The Hall–Kier alpha value is -1.53. The van der Waals surface area contributed by atoms with Crippen LogP contribution in [0.1, 0.15) is 19.4 Å². The van der Waals surface area contributed by atoms with Gasteiger partial charge in [0.2, 0.25) is 0 Å². The van der Waals surface area contributed by atoms with Gasteiger partial charge in [-0.25, -0.2) is 0 Å². The average Bonchev–Trinajstić information content (AvgIpc) is 2.55. The van der Waals surface area contributed by atoms with Crippen LogP contribution in [-0.4, -0.2) is 9.78 Å². The van der Waals surface area contributed by atoms with Crippen LogP contribution in [0.4, 0.5) is 0 Å². The van der Waals surface area contributed by atoms with E-state index >= 15 is 0 Å². The van der Waals surface area contributed by atoms with Crippen molar-refractivity contribution in [3.05, 3.63) is 28.9 Å². The summed E-state index contributed by atoms with van der Waals surface area (Å²) in [6.45, 7) is 5.04. The third kappa shape index (κ3) is 1.77. The first-order chi connectivity index (χ1) is 7.63. The van der Waals surface area contributed by atoms with Crippen LogP contribution >= 0.6 is 11.6 Å². The fourth-order valence-electron chi connectivity index (χ4n) is 1.76. The van der Waals surface area contributed by atoms with Gasteiger partial charge < -0.3 is 0 Å². The number of aromatic nitrogens is 2. The first-order valence-electron chi connectivity index (χ1n) is 5.18. The van der Waals surface area contributed by atoms with E-state index in [1.165, 1.54) is 0 Å². The third-order valence-electron chi connectivity index (χ3n) is 2.39. The zero-order valence-corrected chi connectivity index (χ0v) is 9.99.